The molecule has 1 aromatic carbocycles. The van der Waals surface area contributed by atoms with Crippen LogP contribution >= 0.6 is 24.0 Å². The number of anilines is 2. The molecule has 1 fully saturated rings. The van der Waals surface area contributed by atoms with Gasteiger partial charge in [-0.25, -0.2) is 9.37 Å². The number of nitrogens with two attached hydrogens (primary N) is 1. The fourth-order valence-electron chi connectivity index (χ4n) is 3.12. The predicted octanol–water partition coefficient (Wildman–Crippen LogP) is 4.34. The standard InChI is InChI=1S/C19H22ClFN4O.ClH/c1-11-10-23-18(9-17(11)22)24-13-3-5-14(6-4-13)25-19(26)12-2-7-16(21)15(20)8-12;/h2,7-10,13-14H,3-6H2,1H3,(H,25,26)(H3,22,23,24);1H. The Kier molecular flexibility index (Phi) is 7.27. The average Bonchev–Trinajstić information content (AvgIpc) is 2.62. The summed E-state index contributed by atoms with van der Waals surface area (Å²) in [5.74, 6) is 0.0259. The predicted molar refractivity (Wildman–Crippen MR) is 109 cm³/mol. The van der Waals surface area contributed by atoms with Gasteiger partial charge < -0.3 is 16.4 Å². The SMILES string of the molecule is Cc1cnc(NC2CCC(NC(=O)c3ccc(F)c(Cl)c3)CC2)cc1N.Cl. The number of amides is 1. The number of carbonyl (C=O) groups excluding carboxylic acids is 1. The second-order valence-electron chi connectivity index (χ2n) is 6.72. The molecule has 1 aromatic heterocycles. The Morgan fingerprint density at radius 3 is 2.52 bits per heavy atom. The van der Waals surface area contributed by atoms with Crippen LogP contribution in [0.25, 0.3) is 0 Å². The van der Waals surface area contributed by atoms with E-state index in [1.54, 1.807) is 6.20 Å². The lowest BCUT2D eigenvalue weighted by Gasteiger charge is -2.30. The molecule has 0 bridgehead atoms. The number of nitrogens with zero attached hydrogens (tertiary/aromatic N) is 1. The van der Waals surface area contributed by atoms with Crippen LogP contribution < -0.4 is 16.4 Å². The normalized spacial score (nSPS) is 19.1. The first-order valence-electron chi connectivity index (χ1n) is 8.67. The van der Waals surface area contributed by atoms with Crippen LogP contribution in [0.1, 0.15) is 41.6 Å². The Bertz CT molecular complexity index is 810. The number of rotatable bonds is 4. The van der Waals surface area contributed by atoms with Crippen molar-refractivity contribution in [3.63, 3.8) is 0 Å². The molecule has 2 aromatic rings. The van der Waals surface area contributed by atoms with Crippen molar-refractivity contribution in [3.05, 3.63) is 52.4 Å². The maximum atomic E-state index is 13.2. The highest BCUT2D eigenvalue weighted by Crippen LogP contribution is 2.23. The minimum absolute atomic E-state index is 0. The highest BCUT2D eigenvalue weighted by molar-refractivity contribution is 6.31. The fraction of sp³-hybridized carbons (Fsp3) is 0.368. The van der Waals surface area contributed by atoms with Crippen LogP contribution in [0.3, 0.4) is 0 Å². The first-order valence-corrected chi connectivity index (χ1v) is 9.04. The van der Waals surface area contributed by atoms with Gasteiger partial charge in [0.25, 0.3) is 5.91 Å². The van der Waals surface area contributed by atoms with Gasteiger partial charge in [-0.05, 0) is 56.4 Å². The molecule has 1 saturated carbocycles. The van der Waals surface area contributed by atoms with Gasteiger partial charge in [0.05, 0.1) is 5.02 Å². The van der Waals surface area contributed by atoms with E-state index < -0.39 is 5.82 Å². The summed E-state index contributed by atoms with van der Waals surface area (Å²) in [5.41, 5.74) is 7.97. The minimum Gasteiger partial charge on any atom is -0.398 e. The molecule has 1 heterocycles. The number of hydrogen-bond donors (Lipinski definition) is 3. The molecule has 0 aliphatic heterocycles. The van der Waals surface area contributed by atoms with Crippen molar-refractivity contribution in [3.8, 4) is 0 Å². The summed E-state index contributed by atoms with van der Waals surface area (Å²) in [6.45, 7) is 1.92. The van der Waals surface area contributed by atoms with E-state index in [0.29, 0.717) is 11.6 Å². The molecular weight excluding hydrogens is 390 g/mol. The number of nitrogen functional groups attached to an aromatic ring is 1. The highest BCUT2D eigenvalue weighted by atomic mass is 35.5. The number of pyridine rings is 1. The molecule has 1 aliphatic rings. The number of benzene rings is 1. The van der Waals surface area contributed by atoms with Gasteiger partial charge in [0, 0.05) is 35.6 Å². The molecule has 8 heteroatoms. The number of aromatic nitrogens is 1. The van der Waals surface area contributed by atoms with Crippen molar-refractivity contribution in [1.29, 1.82) is 0 Å². The number of hydrogen-bond acceptors (Lipinski definition) is 4. The molecule has 1 aliphatic carbocycles. The Labute approximate surface area is 169 Å². The Morgan fingerprint density at radius 2 is 1.89 bits per heavy atom. The molecule has 27 heavy (non-hydrogen) atoms. The van der Waals surface area contributed by atoms with Gasteiger partial charge in [0.1, 0.15) is 11.6 Å². The van der Waals surface area contributed by atoms with Gasteiger partial charge in [-0.3, -0.25) is 4.79 Å². The number of nitrogens with one attached hydrogen (secondary N) is 2. The summed E-state index contributed by atoms with van der Waals surface area (Å²) < 4.78 is 13.2. The molecule has 0 saturated heterocycles. The second kappa shape index (κ2) is 9.24. The molecule has 3 rings (SSSR count). The third-order valence-electron chi connectivity index (χ3n) is 4.74. The summed E-state index contributed by atoms with van der Waals surface area (Å²) in [6, 6.07) is 6.25. The van der Waals surface area contributed by atoms with Crippen molar-refractivity contribution in [2.24, 2.45) is 0 Å². The van der Waals surface area contributed by atoms with Gasteiger partial charge in [-0.15, -0.1) is 12.4 Å². The maximum absolute atomic E-state index is 13.2. The Morgan fingerprint density at radius 1 is 1.22 bits per heavy atom. The molecule has 146 valence electrons. The molecule has 0 atom stereocenters. The molecule has 0 unspecified atom stereocenters. The quantitative estimate of drug-likeness (QED) is 0.697. The molecule has 5 nitrogen and oxygen atoms in total. The lowest BCUT2D eigenvalue weighted by molar-refractivity contribution is 0.0926. The average molecular weight is 413 g/mol. The summed E-state index contributed by atoms with van der Waals surface area (Å²) >= 11 is 5.74. The molecule has 4 N–H and O–H groups in total. The van der Waals surface area contributed by atoms with Gasteiger partial charge in [-0.2, -0.15) is 0 Å². The van der Waals surface area contributed by atoms with Crippen LogP contribution in [0.4, 0.5) is 15.9 Å². The van der Waals surface area contributed by atoms with Crippen molar-refractivity contribution in [2.45, 2.75) is 44.7 Å². The fourth-order valence-corrected chi connectivity index (χ4v) is 3.30. The van der Waals surface area contributed by atoms with Crippen LogP contribution in [0, 0.1) is 12.7 Å². The van der Waals surface area contributed by atoms with E-state index in [2.05, 4.69) is 15.6 Å². The van der Waals surface area contributed by atoms with E-state index in [9.17, 15) is 9.18 Å². The zero-order chi connectivity index (χ0) is 18.7. The van der Waals surface area contributed by atoms with Crippen molar-refractivity contribution in [1.82, 2.24) is 10.3 Å². The number of carbonyl (C=O) groups is 1. The van der Waals surface area contributed by atoms with Crippen LogP contribution in [0.2, 0.25) is 5.02 Å². The zero-order valence-corrected chi connectivity index (χ0v) is 16.5. The second-order valence-corrected chi connectivity index (χ2v) is 7.13. The van der Waals surface area contributed by atoms with E-state index in [4.69, 9.17) is 17.3 Å². The van der Waals surface area contributed by atoms with Crippen LogP contribution in [0.5, 0.6) is 0 Å². The van der Waals surface area contributed by atoms with Gasteiger partial charge >= 0.3 is 0 Å². The third-order valence-corrected chi connectivity index (χ3v) is 5.03. The zero-order valence-electron chi connectivity index (χ0n) is 15.0. The first kappa shape index (κ1) is 21.3. The lowest BCUT2D eigenvalue weighted by Crippen LogP contribution is -2.40. The van der Waals surface area contributed by atoms with Gasteiger partial charge in [-0.1, -0.05) is 11.6 Å². The number of aryl methyl sites for hydroxylation is 1. The lowest BCUT2D eigenvalue weighted by atomic mass is 9.91. The molecular formula is C19H23Cl2FN4O. The molecule has 1 amide bonds. The van der Waals surface area contributed by atoms with Crippen molar-refractivity contribution < 1.29 is 9.18 Å². The van der Waals surface area contributed by atoms with E-state index in [1.807, 2.05) is 13.0 Å². The van der Waals surface area contributed by atoms with Crippen molar-refractivity contribution in [2.75, 3.05) is 11.1 Å². The maximum Gasteiger partial charge on any atom is 0.251 e. The van der Waals surface area contributed by atoms with Crippen LogP contribution in [-0.4, -0.2) is 23.0 Å². The van der Waals surface area contributed by atoms with Gasteiger partial charge in [0.2, 0.25) is 0 Å². The van der Waals surface area contributed by atoms with Gasteiger partial charge in [0.15, 0.2) is 0 Å². The summed E-state index contributed by atoms with van der Waals surface area (Å²) in [7, 11) is 0. The Hall–Kier alpha value is -2.05. The first-order chi connectivity index (χ1) is 12.4. The summed E-state index contributed by atoms with van der Waals surface area (Å²) in [5, 5.41) is 6.36. The van der Waals surface area contributed by atoms with Crippen LogP contribution in [-0.2, 0) is 0 Å². The van der Waals surface area contributed by atoms with E-state index in [0.717, 1.165) is 42.8 Å². The molecule has 0 spiro atoms. The highest BCUT2D eigenvalue weighted by Gasteiger charge is 2.23. The smallest absolute Gasteiger partial charge is 0.251 e. The monoisotopic (exact) mass is 412 g/mol. The van der Waals surface area contributed by atoms with Crippen LogP contribution in [0.15, 0.2) is 30.5 Å². The molecule has 0 radical (unpaired) electrons. The Balaban J connectivity index is 0.00000261. The summed E-state index contributed by atoms with van der Waals surface area (Å²) in [6.07, 6.45) is 5.33. The third kappa shape index (κ3) is 5.47. The van der Waals surface area contributed by atoms with E-state index in [-0.39, 0.29) is 29.4 Å². The summed E-state index contributed by atoms with van der Waals surface area (Å²) in [4.78, 5) is 16.6. The largest absolute Gasteiger partial charge is 0.398 e. The number of halogens is 3. The van der Waals surface area contributed by atoms with Crippen molar-refractivity contribution >= 4 is 41.4 Å². The topological polar surface area (TPSA) is 80.0 Å². The van der Waals surface area contributed by atoms with E-state index >= 15 is 0 Å². The van der Waals surface area contributed by atoms with E-state index in [1.165, 1.54) is 18.2 Å². The minimum atomic E-state index is -0.528.